The van der Waals surface area contributed by atoms with Gasteiger partial charge < -0.3 is 9.52 Å². The molecule has 0 saturated carbocycles. The van der Waals surface area contributed by atoms with Crippen LogP contribution < -0.4 is 0 Å². The Morgan fingerprint density at radius 1 is 1.25 bits per heavy atom. The summed E-state index contributed by atoms with van der Waals surface area (Å²) in [5, 5.41) is 10.2. The highest BCUT2D eigenvalue weighted by atomic mass is 35.5. The summed E-state index contributed by atoms with van der Waals surface area (Å²) < 4.78 is 5.46. The topological polar surface area (TPSA) is 49.5 Å². The van der Waals surface area contributed by atoms with E-state index in [4.69, 9.17) is 32.7 Å². The van der Waals surface area contributed by atoms with Gasteiger partial charge in [-0.15, -0.1) is 0 Å². The molecule has 0 saturated heterocycles. The number of aliphatic hydroxyl groups excluding tert-OH is 1. The molecular formula is C14H16Cl2N2O2. The van der Waals surface area contributed by atoms with Gasteiger partial charge in [0.25, 0.3) is 0 Å². The van der Waals surface area contributed by atoms with Crippen LogP contribution in [0.2, 0.25) is 10.0 Å². The Hall–Kier alpha value is -1.07. The first-order chi connectivity index (χ1) is 9.58. The van der Waals surface area contributed by atoms with Crippen molar-refractivity contribution >= 4 is 23.2 Å². The Morgan fingerprint density at radius 3 is 2.65 bits per heavy atom. The van der Waals surface area contributed by atoms with Crippen molar-refractivity contribution in [3.8, 4) is 0 Å². The van der Waals surface area contributed by atoms with E-state index in [2.05, 4.69) is 4.98 Å². The van der Waals surface area contributed by atoms with Crippen molar-refractivity contribution in [3.63, 3.8) is 0 Å². The molecule has 108 valence electrons. The maximum atomic E-state index is 9.16. The molecule has 6 heteroatoms. The third kappa shape index (κ3) is 4.21. The van der Waals surface area contributed by atoms with Gasteiger partial charge in [-0.3, -0.25) is 4.90 Å². The van der Waals surface area contributed by atoms with Gasteiger partial charge in [-0.1, -0.05) is 29.3 Å². The quantitative estimate of drug-likeness (QED) is 0.889. The predicted molar refractivity (Wildman–Crippen MR) is 78.9 cm³/mol. The maximum absolute atomic E-state index is 9.16. The number of oxazole rings is 1. The van der Waals surface area contributed by atoms with Crippen LogP contribution in [0.1, 0.15) is 17.2 Å². The number of benzene rings is 1. The molecule has 2 aromatic rings. The van der Waals surface area contributed by atoms with Crippen LogP contribution in [-0.4, -0.2) is 28.1 Å². The first-order valence-electron chi connectivity index (χ1n) is 6.27. The van der Waals surface area contributed by atoms with Crippen molar-refractivity contribution in [2.24, 2.45) is 0 Å². The lowest BCUT2D eigenvalue weighted by molar-refractivity contribution is 0.172. The largest absolute Gasteiger partial charge is 0.445 e. The van der Waals surface area contributed by atoms with Crippen LogP contribution in [0.3, 0.4) is 0 Å². The second-order valence-corrected chi connectivity index (χ2v) is 5.36. The molecule has 0 fully saturated rings. The molecule has 1 N–H and O–H groups in total. The van der Waals surface area contributed by atoms with Gasteiger partial charge in [0.15, 0.2) is 0 Å². The van der Waals surface area contributed by atoms with Crippen molar-refractivity contribution in [2.45, 2.75) is 20.0 Å². The van der Waals surface area contributed by atoms with E-state index >= 15 is 0 Å². The number of hydrogen-bond acceptors (Lipinski definition) is 4. The Kier molecular flexibility index (Phi) is 5.43. The third-order valence-corrected chi connectivity index (χ3v) is 3.57. The summed E-state index contributed by atoms with van der Waals surface area (Å²) in [5.74, 6) is 1.41. The molecule has 2 rings (SSSR count). The Morgan fingerprint density at radius 2 is 2.05 bits per heavy atom. The number of nitrogens with zero attached hydrogens (tertiary/aromatic N) is 2. The lowest BCUT2D eigenvalue weighted by Gasteiger charge is -2.19. The SMILES string of the molecule is Cc1cnc(CN(CCO)Cc2ccc(Cl)c(Cl)c2)o1. The summed E-state index contributed by atoms with van der Waals surface area (Å²) in [5.41, 5.74) is 1.02. The summed E-state index contributed by atoms with van der Waals surface area (Å²) >= 11 is 11.9. The van der Waals surface area contributed by atoms with Gasteiger partial charge >= 0.3 is 0 Å². The van der Waals surface area contributed by atoms with E-state index in [0.29, 0.717) is 35.6 Å². The molecule has 0 unspecified atom stereocenters. The monoisotopic (exact) mass is 314 g/mol. The number of aromatic nitrogens is 1. The van der Waals surface area contributed by atoms with E-state index in [0.717, 1.165) is 11.3 Å². The summed E-state index contributed by atoms with van der Waals surface area (Å²) in [7, 11) is 0. The summed E-state index contributed by atoms with van der Waals surface area (Å²) in [6.07, 6.45) is 1.69. The highest BCUT2D eigenvalue weighted by Gasteiger charge is 2.11. The minimum atomic E-state index is 0.0704. The van der Waals surface area contributed by atoms with Gasteiger partial charge in [0, 0.05) is 13.1 Å². The maximum Gasteiger partial charge on any atom is 0.208 e. The number of hydrogen-bond donors (Lipinski definition) is 1. The standard InChI is InChI=1S/C14H16Cl2N2O2/c1-10-7-17-14(20-10)9-18(4-5-19)8-11-2-3-12(15)13(16)6-11/h2-3,6-7,19H,4-5,8-9H2,1H3. The molecule has 0 atom stereocenters. The molecule has 0 radical (unpaired) electrons. The molecule has 0 aliphatic rings. The van der Waals surface area contributed by atoms with E-state index in [-0.39, 0.29) is 6.61 Å². The molecule has 0 aliphatic carbocycles. The minimum Gasteiger partial charge on any atom is -0.445 e. The fourth-order valence-corrected chi connectivity index (χ4v) is 2.24. The lowest BCUT2D eigenvalue weighted by atomic mass is 10.2. The first-order valence-corrected chi connectivity index (χ1v) is 7.02. The molecule has 1 aromatic carbocycles. The van der Waals surface area contributed by atoms with E-state index in [1.165, 1.54) is 0 Å². The van der Waals surface area contributed by atoms with E-state index in [1.807, 2.05) is 24.0 Å². The highest BCUT2D eigenvalue weighted by Crippen LogP contribution is 2.23. The normalized spacial score (nSPS) is 11.2. The summed E-state index contributed by atoms with van der Waals surface area (Å²) in [4.78, 5) is 6.21. The second-order valence-electron chi connectivity index (χ2n) is 4.55. The summed E-state index contributed by atoms with van der Waals surface area (Å²) in [6.45, 7) is 3.63. The van der Waals surface area contributed by atoms with Crippen LogP contribution in [0.5, 0.6) is 0 Å². The van der Waals surface area contributed by atoms with E-state index < -0.39 is 0 Å². The van der Waals surface area contributed by atoms with Gasteiger partial charge in [0.05, 0.1) is 29.4 Å². The van der Waals surface area contributed by atoms with E-state index in [1.54, 1.807) is 12.3 Å². The molecule has 1 aromatic heterocycles. The zero-order chi connectivity index (χ0) is 14.5. The van der Waals surface area contributed by atoms with Crippen LogP contribution >= 0.6 is 23.2 Å². The van der Waals surface area contributed by atoms with E-state index in [9.17, 15) is 0 Å². The van der Waals surface area contributed by atoms with Crippen molar-refractivity contribution in [3.05, 3.63) is 51.7 Å². The van der Waals surface area contributed by atoms with Crippen LogP contribution in [0.15, 0.2) is 28.8 Å². The molecular weight excluding hydrogens is 299 g/mol. The Labute approximate surface area is 127 Å². The zero-order valence-electron chi connectivity index (χ0n) is 11.1. The average Bonchev–Trinajstić information content (AvgIpc) is 2.80. The molecule has 0 spiro atoms. The van der Waals surface area contributed by atoms with Gasteiger partial charge in [-0.2, -0.15) is 0 Å². The molecule has 0 aliphatic heterocycles. The van der Waals surface area contributed by atoms with Gasteiger partial charge in [-0.25, -0.2) is 4.98 Å². The Balaban J connectivity index is 2.06. The first kappa shape index (κ1) is 15.3. The average molecular weight is 315 g/mol. The minimum absolute atomic E-state index is 0.0704. The molecule has 1 heterocycles. The lowest BCUT2D eigenvalue weighted by Crippen LogP contribution is -2.26. The predicted octanol–water partition coefficient (Wildman–Crippen LogP) is 3.28. The molecule has 20 heavy (non-hydrogen) atoms. The van der Waals surface area contributed by atoms with Crippen LogP contribution in [0.25, 0.3) is 0 Å². The van der Waals surface area contributed by atoms with Crippen LogP contribution in [0, 0.1) is 6.92 Å². The van der Waals surface area contributed by atoms with Crippen molar-refractivity contribution in [1.29, 1.82) is 0 Å². The van der Waals surface area contributed by atoms with Crippen molar-refractivity contribution in [2.75, 3.05) is 13.2 Å². The van der Waals surface area contributed by atoms with Gasteiger partial charge in [0.1, 0.15) is 5.76 Å². The Bertz CT molecular complexity index is 572. The molecule has 0 amide bonds. The van der Waals surface area contributed by atoms with Crippen LogP contribution in [0.4, 0.5) is 0 Å². The number of halogens is 2. The smallest absolute Gasteiger partial charge is 0.208 e. The number of aryl methyl sites for hydroxylation is 1. The van der Waals surface area contributed by atoms with Crippen LogP contribution in [-0.2, 0) is 13.1 Å². The van der Waals surface area contributed by atoms with Gasteiger partial charge in [-0.05, 0) is 24.6 Å². The third-order valence-electron chi connectivity index (χ3n) is 2.83. The fraction of sp³-hybridized carbons (Fsp3) is 0.357. The number of aliphatic hydroxyl groups is 1. The molecule has 0 bridgehead atoms. The summed E-state index contributed by atoms with van der Waals surface area (Å²) in [6, 6.07) is 5.51. The van der Waals surface area contributed by atoms with Gasteiger partial charge in [0.2, 0.25) is 5.89 Å². The fourth-order valence-electron chi connectivity index (χ4n) is 1.92. The highest BCUT2D eigenvalue weighted by molar-refractivity contribution is 6.42. The van der Waals surface area contributed by atoms with Crippen molar-refractivity contribution in [1.82, 2.24) is 9.88 Å². The second kappa shape index (κ2) is 7.09. The number of rotatable bonds is 6. The van der Waals surface area contributed by atoms with Crippen molar-refractivity contribution < 1.29 is 9.52 Å². The molecule has 4 nitrogen and oxygen atoms in total. The zero-order valence-corrected chi connectivity index (χ0v) is 12.7.